The molecule has 0 spiro atoms. The lowest BCUT2D eigenvalue weighted by Crippen LogP contribution is -2.37. The number of ketones is 1. The smallest absolute Gasteiger partial charge is 0.356 e. The van der Waals surface area contributed by atoms with Gasteiger partial charge in [-0.25, -0.2) is 9.48 Å². The summed E-state index contributed by atoms with van der Waals surface area (Å²) >= 11 is 9.74. The summed E-state index contributed by atoms with van der Waals surface area (Å²) in [5.41, 5.74) is 3.36. The number of aromatic nitrogens is 3. The predicted octanol–water partition coefficient (Wildman–Crippen LogP) is 7.57. The fourth-order valence-electron chi connectivity index (χ4n) is 5.98. The summed E-state index contributed by atoms with van der Waals surface area (Å²) in [4.78, 5) is 41.3. The maximum Gasteiger partial charge on any atom is 0.356 e. The maximum atomic E-state index is 14.3. The number of rotatable bonds is 5. The molecule has 1 aliphatic rings. The van der Waals surface area contributed by atoms with Crippen LogP contribution in [0.2, 0.25) is 5.02 Å². The summed E-state index contributed by atoms with van der Waals surface area (Å²) in [5, 5.41) is 3.61. The van der Waals surface area contributed by atoms with Gasteiger partial charge < -0.3 is 9.30 Å². The Balaban J connectivity index is 1.71. The van der Waals surface area contributed by atoms with Crippen molar-refractivity contribution in [3.63, 3.8) is 0 Å². The Labute approximate surface area is 255 Å². The molecule has 0 saturated heterocycles. The van der Waals surface area contributed by atoms with E-state index in [1.807, 2.05) is 79.1 Å². The largest absolute Gasteiger partial charge is 0.464 e. The standard InChI is InChI=1S/C33H27BrClN3O4/c1-33(2)18-26(39)24-17-25(19-9-13-21(35)14-10-19)37(22-15-11-20(34)12-16-22)30(24)28(33)27-29(32(41)42-3)36-38(31(27)40)23-7-5-4-6-8-23/h4-17,28,36H,18H2,1-3H3. The molecule has 5 aromatic rings. The van der Waals surface area contributed by atoms with Crippen LogP contribution in [0.1, 0.15) is 58.3 Å². The molecule has 0 bridgehead atoms. The minimum atomic E-state index is -0.731. The van der Waals surface area contributed by atoms with E-state index in [1.54, 1.807) is 24.3 Å². The molecule has 0 fully saturated rings. The first-order valence-corrected chi connectivity index (χ1v) is 14.6. The highest BCUT2D eigenvalue weighted by Gasteiger charge is 2.47. The Kier molecular flexibility index (Phi) is 7.07. The van der Waals surface area contributed by atoms with Crippen molar-refractivity contribution in [2.24, 2.45) is 5.41 Å². The zero-order valence-electron chi connectivity index (χ0n) is 23.2. The second kappa shape index (κ2) is 10.6. The Bertz CT molecular complexity index is 1880. The number of fused-ring (bicyclic) bond motifs is 1. The van der Waals surface area contributed by atoms with E-state index in [0.29, 0.717) is 22.0 Å². The van der Waals surface area contributed by atoms with E-state index >= 15 is 0 Å². The third-order valence-corrected chi connectivity index (χ3v) is 8.63. The van der Waals surface area contributed by atoms with Crippen LogP contribution in [0.3, 0.4) is 0 Å². The molecule has 7 nitrogen and oxygen atoms in total. The monoisotopic (exact) mass is 643 g/mol. The SMILES string of the molecule is COC(=O)c1[nH]n(-c2ccccc2)c(=O)c1C1c2c(cc(-c3ccc(Cl)cc3)n2-c2ccc(Br)cc2)C(=O)CC1(C)C. The molecule has 3 aromatic carbocycles. The number of aromatic amines is 1. The number of nitrogens with one attached hydrogen (secondary N) is 1. The van der Waals surface area contributed by atoms with Crippen molar-refractivity contribution in [2.45, 2.75) is 26.2 Å². The zero-order chi connectivity index (χ0) is 29.8. The number of hydrogen-bond donors (Lipinski definition) is 1. The molecule has 2 aromatic heterocycles. The second-order valence-electron chi connectivity index (χ2n) is 11.0. The van der Waals surface area contributed by atoms with Gasteiger partial charge in [0.05, 0.1) is 24.1 Å². The molecular formula is C33H27BrClN3O4. The van der Waals surface area contributed by atoms with E-state index in [0.717, 1.165) is 21.4 Å². The normalized spacial score (nSPS) is 15.8. The Hall–Kier alpha value is -4.14. The molecule has 42 heavy (non-hydrogen) atoms. The Morgan fingerprint density at radius 2 is 1.64 bits per heavy atom. The van der Waals surface area contributed by atoms with E-state index in [-0.39, 0.29) is 29.0 Å². The minimum absolute atomic E-state index is 0.0316. The van der Waals surface area contributed by atoms with E-state index in [2.05, 4.69) is 21.0 Å². The highest BCUT2D eigenvalue weighted by molar-refractivity contribution is 9.10. The van der Waals surface area contributed by atoms with Gasteiger partial charge in [0.25, 0.3) is 5.56 Å². The number of carbonyl (C=O) groups excluding carboxylic acids is 2. The van der Waals surface area contributed by atoms with Crippen LogP contribution in [0, 0.1) is 5.41 Å². The highest BCUT2D eigenvalue weighted by Crippen LogP contribution is 2.51. The molecule has 1 N–H and O–H groups in total. The molecule has 1 aliphatic carbocycles. The van der Waals surface area contributed by atoms with Crippen molar-refractivity contribution in [1.82, 2.24) is 14.3 Å². The van der Waals surface area contributed by atoms with Crippen molar-refractivity contribution in [1.29, 1.82) is 0 Å². The van der Waals surface area contributed by atoms with Gasteiger partial charge in [-0.05, 0) is 65.6 Å². The second-order valence-corrected chi connectivity index (χ2v) is 12.4. The summed E-state index contributed by atoms with van der Waals surface area (Å²) < 4.78 is 9.43. The molecule has 6 rings (SSSR count). The summed E-state index contributed by atoms with van der Waals surface area (Å²) in [5.74, 6) is -1.33. The third kappa shape index (κ3) is 4.64. The highest BCUT2D eigenvalue weighted by atomic mass is 79.9. The molecule has 0 aliphatic heterocycles. The lowest BCUT2D eigenvalue weighted by atomic mass is 9.65. The molecule has 0 amide bonds. The van der Waals surface area contributed by atoms with Gasteiger partial charge in [-0.1, -0.05) is 71.7 Å². The van der Waals surface area contributed by atoms with Crippen LogP contribution in [0.25, 0.3) is 22.6 Å². The third-order valence-electron chi connectivity index (χ3n) is 7.85. The topological polar surface area (TPSA) is 86.1 Å². The van der Waals surface area contributed by atoms with Crippen molar-refractivity contribution >= 4 is 39.3 Å². The Morgan fingerprint density at radius 3 is 2.29 bits per heavy atom. The quantitative estimate of drug-likeness (QED) is 0.200. The number of H-pyrrole nitrogens is 1. The molecule has 1 unspecified atom stereocenters. The molecule has 2 heterocycles. The average Bonchev–Trinajstić information content (AvgIpc) is 3.53. The van der Waals surface area contributed by atoms with Gasteiger partial charge >= 0.3 is 5.97 Å². The number of esters is 1. The van der Waals surface area contributed by atoms with Crippen molar-refractivity contribution < 1.29 is 14.3 Å². The molecule has 1 atom stereocenters. The van der Waals surface area contributed by atoms with Crippen LogP contribution >= 0.6 is 27.5 Å². The number of hydrogen-bond acceptors (Lipinski definition) is 4. The van der Waals surface area contributed by atoms with Gasteiger partial charge in [-0.2, -0.15) is 0 Å². The van der Waals surface area contributed by atoms with E-state index in [1.165, 1.54) is 11.8 Å². The summed E-state index contributed by atoms with van der Waals surface area (Å²) in [6.07, 6.45) is 0.186. The van der Waals surface area contributed by atoms with Gasteiger partial charge in [0.2, 0.25) is 0 Å². The summed E-state index contributed by atoms with van der Waals surface area (Å²) in [7, 11) is 1.29. The lowest BCUT2D eigenvalue weighted by Gasteiger charge is -2.38. The van der Waals surface area contributed by atoms with Gasteiger partial charge in [0, 0.05) is 38.8 Å². The predicted molar refractivity (Wildman–Crippen MR) is 166 cm³/mol. The van der Waals surface area contributed by atoms with Crippen LogP contribution in [-0.2, 0) is 4.74 Å². The number of halogens is 2. The number of nitrogens with zero attached hydrogens (tertiary/aromatic N) is 2. The van der Waals surface area contributed by atoms with Gasteiger partial charge in [0.1, 0.15) is 5.69 Å². The maximum absolute atomic E-state index is 14.3. The van der Waals surface area contributed by atoms with E-state index < -0.39 is 17.3 Å². The zero-order valence-corrected chi connectivity index (χ0v) is 25.5. The van der Waals surface area contributed by atoms with E-state index in [4.69, 9.17) is 16.3 Å². The molecule has 0 saturated carbocycles. The van der Waals surface area contributed by atoms with Crippen molar-refractivity contribution in [3.05, 3.63) is 127 Å². The van der Waals surface area contributed by atoms with Crippen molar-refractivity contribution in [2.75, 3.05) is 7.11 Å². The first kappa shape index (κ1) is 28.0. The number of para-hydroxylation sites is 1. The lowest BCUT2D eigenvalue weighted by molar-refractivity contribution is 0.0591. The van der Waals surface area contributed by atoms with Gasteiger partial charge in [-0.15, -0.1) is 0 Å². The van der Waals surface area contributed by atoms with Gasteiger partial charge in [-0.3, -0.25) is 14.7 Å². The summed E-state index contributed by atoms with van der Waals surface area (Å²) in [6.45, 7) is 3.92. The Morgan fingerprint density at radius 1 is 0.976 bits per heavy atom. The van der Waals surface area contributed by atoms with Crippen LogP contribution in [0.5, 0.6) is 0 Å². The summed E-state index contributed by atoms with van der Waals surface area (Å²) in [6, 6.07) is 26.1. The minimum Gasteiger partial charge on any atom is -0.464 e. The average molecular weight is 645 g/mol. The van der Waals surface area contributed by atoms with Crippen LogP contribution in [0.15, 0.2) is 94.2 Å². The first-order chi connectivity index (χ1) is 20.1. The van der Waals surface area contributed by atoms with Crippen LogP contribution in [-0.4, -0.2) is 33.2 Å². The number of ether oxygens (including phenoxy) is 1. The fourth-order valence-corrected chi connectivity index (χ4v) is 6.37. The number of benzene rings is 3. The van der Waals surface area contributed by atoms with Crippen LogP contribution in [0.4, 0.5) is 0 Å². The molecular weight excluding hydrogens is 618 g/mol. The van der Waals surface area contributed by atoms with E-state index in [9.17, 15) is 14.4 Å². The van der Waals surface area contributed by atoms with Gasteiger partial charge in [0.15, 0.2) is 5.78 Å². The molecule has 212 valence electrons. The number of methoxy groups -OCH3 is 1. The number of Topliss-reactive ketones (excluding diaryl/α,β-unsaturated/α-hetero) is 1. The first-order valence-electron chi connectivity index (χ1n) is 13.4. The molecule has 0 radical (unpaired) electrons. The molecule has 9 heteroatoms. The number of carbonyl (C=O) groups is 2. The van der Waals surface area contributed by atoms with Crippen LogP contribution < -0.4 is 5.56 Å². The fraction of sp³-hybridized carbons (Fsp3) is 0.182. The van der Waals surface area contributed by atoms with Crippen molar-refractivity contribution in [3.8, 4) is 22.6 Å².